The van der Waals surface area contributed by atoms with Gasteiger partial charge in [0.15, 0.2) is 0 Å². The molecule has 0 saturated carbocycles. The molecule has 6 heteroatoms. The maximum atomic E-state index is 12.5. The summed E-state index contributed by atoms with van der Waals surface area (Å²) in [7, 11) is 1.77. The molecule has 0 atom stereocenters. The van der Waals surface area contributed by atoms with Crippen LogP contribution in [0.15, 0.2) is 42.9 Å². The maximum absolute atomic E-state index is 12.5. The molecule has 0 radical (unpaired) electrons. The molecule has 2 heterocycles. The number of carbonyl (C=O) groups is 1. The van der Waals surface area contributed by atoms with Gasteiger partial charge in [-0.05, 0) is 24.6 Å². The van der Waals surface area contributed by atoms with Gasteiger partial charge in [0.25, 0.3) is 5.91 Å². The first-order valence-corrected chi connectivity index (χ1v) is 6.98. The first kappa shape index (κ1) is 14.1. The predicted octanol–water partition coefficient (Wildman–Crippen LogP) is 2.38. The van der Waals surface area contributed by atoms with Crippen molar-refractivity contribution in [2.24, 2.45) is 0 Å². The fraction of sp³-hybridized carbons (Fsp3) is 0.188. The molecule has 0 saturated heterocycles. The Morgan fingerprint density at radius 2 is 2.14 bits per heavy atom. The quantitative estimate of drug-likeness (QED) is 0.775. The number of benzene rings is 1. The molecule has 1 amide bonds. The van der Waals surface area contributed by atoms with E-state index in [0.29, 0.717) is 12.1 Å². The van der Waals surface area contributed by atoms with Crippen molar-refractivity contribution >= 4 is 5.91 Å². The van der Waals surface area contributed by atoms with E-state index >= 15 is 0 Å². The van der Waals surface area contributed by atoms with E-state index in [9.17, 15) is 4.79 Å². The van der Waals surface area contributed by atoms with Crippen LogP contribution in [0.4, 0.5) is 0 Å². The van der Waals surface area contributed by atoms with Crippen LogP contribution in [0.5, 0.6) is 0 Å². The maximum Gasteiger partial charge on any atom is 0.254 e. The minimum Gasteiger partial charge on any atom is -0.345 e. The average molecular weight is 295 g/mol. The Bertz CT molecular complexity index is 775. The lowest BCUT2D eigenvalue weighted by Gasteiger charge is -2.16. The van der Waals surface area contributed by atoms with Gasteiger partial charge in [0.2, 0.25) is 0 Å². The predicted molar refractivity (Wildman–Crippen MR) is 83.1 cm³/mol. The number of H-pyrrole nitrogens is 2. The fourth-order valence-corrected chi connectivity index (χ4v) is 2.30. The van der Waals surface area contributed by atoms with Crippen LogP contribution in [0, 0.1) is 6.92 Å². The first-order valence-electron chi connectivity index (χ1n) is 6.98. The van der Waals surface area contributed by atoms with Gasteiger partial charge in [-0.2, -0.15) is 5.10 Å². The topological polar surface area (TPSA) is 77.7 Å². The van der Waals surface area contributed by atoms with Crippen LogP contribution in [-0.4, -0.2) is 38.0 Å². The Labute approximate surface area is 128 Å². The van der Waals surface area contributed by atoms with Crippen molar-refractivity contribution in [2.75, 3.05) is 7.05 Å². The highest BCUT2D eigenvalue weighted by atomic mass is 16.2. The molecule has 112 valence electrons. The molecule has 22 heavy (non-hydrogen) atoms. The lowest BCUT2D eigenvalue weighted by molar-refractivity contribution is 0.0782. The number of rotatable bonds is 4. The molecular weight excluding hydrogens is 278 g/mol. The largest absolute Gasteiger partial charge is 0.345 e. The Kier molecular flexibility index (Phi) is 3.74. The van der Waals surface area contributed by atoms with Crippen molar-refractivity contribution in [1.82, 2.24) is 25.1 Å². The summed E-state index contributed by atoms with van der Waals surface area (Å²) >= 11 is 0. The van der Waals surface area contributed by atoms with Crippen molar-refractivity contribution in [2.45, 2.75) is 13.5 Å². The standard InChI is InChI=1S/C16H17N5O/c1-11-7-17-15(20-11)10-21(2)16(22)13-5-3-4-12(6-13)14-8-18-19-9-14/h3-9H,10H2,1-2H3,(H,17,20)(H,18,19). The van der Waals surface area contributed by atoms with Gasteiger partial charge in [0.1, 0.15) is 5.82 Å². The molecule has 0 aliphatic heterocycles. The summed E-state index contributed by atoms with van der Waals surface area (Å²) in [4.78, 5) is 21.5. The molecular formula is C16H17N5O. The molecule has 0 aliphatic carbocycles. The van der Waals surface area contributed by atoms with Crippen molar-refractivity contribution < 1.29 is 4.79 Å². The van der Waals surface area contributed by atoms with E-state index in [1.807, 2.05) is 31.2 Å². The van der Waals surface area contributed by atoms with E-state index < -0.39 is 0 Å². The normalized spacial score (nSPS) is 10.6. The summed E-state index contributed by atoms with van der Waals surface area (Å²) in [5, 5.41) is 6.71. The number of hydrogen-bond donors (Lipinski definition) is 2. The lowest BCUT2D eigenvalue weighted by Crippen LogP contribution is -2.26. The van der Waals surface area contributed by atoms with Crippen molar-refractivity contribution in [1.29, 1.82) is 0 Å². The number of aryl methyl sites for hydroxylation is 1. The highest BCUT2D eigenvalue weighted by Gasteiger charge is 2.14. The van der Waals surface area contributed by atoms with Crippen LogP contribution in [0.3, 0.4) is 0 Å². The fourth-order valence-electron chi connectivity index (χ4n) is 2.30. The third-order valence-electron chi connectivity index (χ3n) is 3.43. The molecule has 0 spiro atoms. The molecule has 0 fully saturated rings. The van der Waals surface area contributed by atoms with E-state index in [-0.39, 0.29) is 5.91 Å². The zero-order valence-electron chi connectivity index (χ0n) is 12.5. The summed E-state index contributed by atoms with van der Waals surface area (Å²) in [6.45, 7) is 2.38. The summed E-state index contributed by atoms with van der Waals surface area (Å²) in [6, 6.07) is 7.52. The van der Waals surface area contributed by atoms with Crippen molar-refractivity contribution in [3.05, 3.63) is 59.9 Å². The van der Waals surface area contributed by atoms with E-state index in [4.69, 9.17) is 0 Å². The lowest BCUT2D eigenvalue weighted by atomic mass is 10.1. The van der Waals surface area contributed by atoms with Crippen LogP contribution >= 0.6 is 0 Å². The van der Waals surface area contributed by atoms with Gasteiger partial charge in [0.05, 0.1) is 12.7 Å². The van der Waals surface area contributed by atoms with Gasteiger partial charge in [0, 0.05) is 36.3 Å². The number of amides is 1. The number of carbonyl (C=O) groups excluding carboxylic acids is 1. The molecule has 3 aromatic rings. The molecule has 6 nitrogen and oxygen atoms in total. The summed E-state index contributed by atoms with van der Waals surface area (Å²) in [5.74, 6) is 0.735. The zero-order valence-corrected chi connectivity index (χ0v) is 12.5. The number of aromatic nitrogens is 4. The van der Waals surface area contributed by atoms with Crippen LogP contribution < -0.4 is 0 Å². The molecule has 2 aromatic heterocycles. The first-order chi connectivity index (χ1) is 10.6. The summed E-state index contributed by atoms with van der Waals surface area (Å²) < 4.78 is 0. The SMILES string of the molecule is Cc1cnc(CN(C)C(=O)c2cccc(-c3cn[nH]c3)c2)[nH]1. The smallest absolute Gasteiger partial charge is 0.254 e. The number of imidazole rings is 1. The van der Waals surface area contributed by atoms with Crippen LogP contribution in [0.2, 0.25) is 0 Å². The van der Waals surface area contributed by atoms with E-state index in [0.717, 1.165) is 22.6 Å². The Morgan fingerprint density at radius 3 is 2.82 bits per heavy atom. The van der Waals surface area contributed by atoms with E-state index in [1.165, 1.54) is 0 Å². The molecule has 2 N–H and O–H groups in total. The minimum atomic E-state index is -0.0422. The van der Waals surface area contributed by atoms with E-state index in [2.05, 4.69) is 20.2 Å². The van der Waals surface area contributed by atoms with E-state index in [1.54, 1.807) is 30.5 Å². The molecule has 0 unspecified atom stereocenters. The van der Waals surface area contributed by atoms with Crippen molar-refractivity contribution in [3.63, 3.8) is 0 Å². The van der Waals surface area contributed by atoms with Crippen LogP contribution in [-0.2, 0) is 6.54 Å². The van der Waals surface area contributed by atoms with Crippen molar-refractivity contribution in [3.8, 4) is 11.1 Å². The Hall–Kier alpha value is -2.89. The highest BCUT2D eigenvalue weighted by Crippen LogP contribution is 2.19. The number of nitrogens with zero attached hydrogens (tertiary/aromatic N) is 3. The van der Waals surface area contributed by atoms with Crippen LogP contribution in [0.25, 0.3) is 11.1 Å². The van der Waals surface area contributed by atoms with Gasteiger partial charge in [-0.3, -0.25) is 9.89 Å². The average Bonchev–Trinajstić information content (AvgIpc) is 3.18. The van der Waals surface area contributed by atoms with Gasteiger partial charge in [-0.25, -0.2) is 4.98 Å². The number of aromatic amines is 2. The second-order valence-electron chi connectivity index (χ2n) is 5.24. The molecule has 1 aromatic carbocycles. The third kappa shape index (κ3) is 2.90. The molecule has 0 bridgehead atoms. The summed E-state index contributed by atoms with van der Waals surface area (Å²) in [6.07, 6.45) is 5.30. The van der Waals surface area contributed by atoms with Crippen LogP contribution in [0.1, 0.15) is 21.9 Å². The summed E-state index contributed by atoms with van der Waals surface area (Å²) in [5.41, 5.74) is 3.54. The monoisotopic (exact) mass is 295 g/mol. The van der Waals surface area contributed by atoms with Gasteiger partial charge >= 0.3 is 0 Å². The minimum absolute atomic E-state index is 0.0422. The Balaban J connectivity index is 1.78. The zero-order chi connectivity index (χ0) is 15.5. The number of hydrogen-bond acceptors (Lipinski definition) is 3. The molecule has 0 aliphatic rings. The van der Waals surface area contributed by atoms with Gasteiger partial charge in [-0.1, -0.05) is 12.1 Å². The Morgan fingerprint density at radius 1 is 1.27 bits per heavy atom. The third-order valence-corrected chi connectivity index (χ3v) is 3.43. The van der Waals surface area contributed by atoms with Gasteiger partial charge in [-0.15, -0.1) is 0 Å². The second kappa shape index (κ2) is 5.85. The van der Waals surface area contributed by atoms with Gasteiger partial charge < -0.3 is 9.88 Å². The number of nitrogens with one attached hydrogen (secondary N) is 2. The molecule has 3 rings (SSSR count). The highest BCUT2D eigenvalue weighted by molar-refractivity contribution is 5.95. The second-order valence-corrected chi connectivity index (χ2v) is 5.24.